The molecule has 0 saturated heterocycles. The molecular formula is C33H34N2O4. The SMILES string of the molecule is CC(C)(CN1C(=O)C=CC1=O)CC(C)(C)CN1C(=O)c2ccccc2C1(c1ccccc1)c1ccc(O)cc1. The van der Waals surface area contributed by atoms with Gasteiger partial charge in [0.1, 0.15) is 11.3 Å². The highest BCUT2D eigenvalue weighted by Crippen LogP contribution is 2.51. The first-order valence-electron chi connectivity index (χ1n) is 13.2. The Balaban J connectivity index is 1.58. The van der Waals surface area contributed by atoms with Gasteiger partial charge in [-0.15, -0.1) is 0 Å². The lowest BCUT2D eigenvalue weighted by Gasteiger charge is -2.46. The van der Waals surface area contributed by atoms with Crippen molar-refractivity contribution >= 4 is 17.7 Å². The van der Waals surface area contributed by atoms with Crippen LogP contribution in [0.3, 0.4) is 0 Å². The van der Waals surface area contributed by atoms with Gasteiger partial charge in [-0.05, 0) is 52.1 Å². The molecule has 1 unspecified atom stereocenters. The molecule has 0 aromatic heterocycles. The fourth-order valence-electron chi connectivity index (χ4n) is 6.64. The third-order valence-electron chi connectivity index (χ3n) is 7.70. The smallest absolute Gasteiger partial charge is 0.255 e. The van der Waals surface area contributed by atoms with Gasteiger partial charge in [0.15, 0.2) is 0 Å². The summed E-state index contributed by atoms with van der Waals surface area (Å²) in [4.78, 5) is 41.9. The number of carbonyl (C=O) groups excluding carboxylic acids is 3. The Labute approximate surface area is 229 Å². The van der Waals surface area contributed by atoms with Gasteiger partial charge in [-0.2, -0.15) is 0 Å². The van der Waals surface area contributed by atoms with E-state index in [2.05, 4.69) is 27.7 Å². The molecule has 0 aliphatic carbocycles. The Morgan fingerprint density at radius 3 is 1.87 bits per heavy atom. The van der Waals surface area contributed by atoms with Gasteiger partial charge in [-0.1, -0.05) is 88.4 Å². The highest BCUT2D eigenvalue weighted by Gasteiger charge is 2.53. The van der Waals surface area contributed by atoms with Gasteiger partial charge in [-0.3, -0.25) is 19.3 Å². The fourth-order valence-corrected chi connectivity index (χ4v) is 6.64. The normalized spacial score (nSPS) is 19.2. The van der Waals surface area contributed by atoms with Crippen molar-refractivity contribution in [3.63, 3.8) is 0 Å². The fraction of sp³-hybridized carbons (Fsp3) is 0.303. The molecule has 3 aromatic rings. The molecule has 0 bridgehead atoms. The number of fused-ring (bicyclic) bond motifs is 1. The molecule has 3 aromatic carbocycles. The number of phenolic OH excluding ortho intramolecular Hbond substituents is 1. The molecule has 0 radical (unpaired) electrons. The topological polar surface area (TPSA) is 77.9 Å². The zero-order valence-electron chi connectivity index (χ0n) is 22.8. The second-order valence-electron chi connectivity index (χ2n) is 12.2. The number of imide groups is 1. The van der Waals surface area contributed by atoms with Crippen LogP contribution in [-0.4, -0.2) is 45.7 Å². The molecule has 1 atom stereocenters. The first kappa shape index (κ1) is 26.4. The lowest BCUT2D eigenvalue weighted by molar-refractivity contribution is -0.138. The van der Waals surface area contributed by atoms with E-state index < -0.39 is 5.54 Å². The summed E-state index contributed by atoms with van der Waals surface area (Å²) in [7, 11) is 0. The standard InChI is InChI=1S/C33H34N2O4/c1-31(2,21-34-28(37)18-19-29(34)38)20-32(3,4)22-35-30(39)26-12-8-9-13-27(26)33(35,23-10-6-5-7-11-23)24-14-16-25(36)17-15-24/h5-19,36H,20-22H2,1-4H3. The van der Waals surface area contributed by atoms with E-state index >= 15 is 0 Å². The highest BCUT2D eigenvalue weighted by atomic mass is 16.3. The molecule has 2 aliphatic rings. The first-order valence-corrected chi connectivity index (χ1v) is 13.2. The van der Waals surface area contributed by atoms with Crippen LogP contribution in [0.25, 0.3) is 0 Å². The molecule has 6 heteroatoms. The van der Waals surface area contributed by atoms with Gasteiger partial charge >= 0.3 is 0 Å². The summed E-state index contributed by atoms with van der Waals surface area (Å²) in [5.41, 5.74) is 1.75. The number of carbonyl (C=O) groups is 3. The maximum Gasteiger partial charge on any atom is 0.255 e. The van der Waals surface area contributed by atoms with Crippen molar-refractivity contribution < 1.29 is 19.5 Å². The summed E-state index contributed by atoms with van der Waals surface area (Å²) >= 11 is 0. The molecule has 200 valence electrons. The molecule has 0 spiro atoms. The van der Waals surface area contributed by atoms with E-state index in [1.165, 1.54) is 17.1 Å². The van der Waals surface area contributed by atoms with E-state index in [9.17, 15) is 19.5 Å². The number of benzene rings is 3. The Hall–Kier alpha value is -4.19. The van der Waals surface area contributed by atoms with Crippen molar-refractivity contribution in [3.8, 4) is 5.75 Å². The van der Waals surface area contributed by atoms with Crippen molar-refractivity contribution in [2.24, 2.45) is 10.8 Å². The average Bonchev–Trinajstić information content (AvgIpc) is 3.33. The molecular weight excluding hydrogens is 488 g/mol. The third-order valence-corrected chi connectivity index (χ3v) is 7.70. The lowest BCUT2D eigenvalue weighted by atomic mass is 9.72. The molecule has 6 nitrogen and oxygen atoms in total. The second-order valence-corrected chi connectivity index (χ2v) is 12.2. The van der Waals surface area contributed by atoms with E-state index in [0.29, 0.717) is 25.1 Å². The molecule has 5 rings (SSSR count). The Bertz CT molecular complexity index is 1440. The molecule has 2 heterocycles. The number of amides is 3. The van der Waals surface area contributed by atoms with Crippen molar-refractivity contribution in [1.29, 1.82) is 0 Å². The molecule has 39 heavy (non-hydrogen) atoms. The van der Waals surface area contributed by atoms with Gasteiger partial charge in [0.25, 0.3) is 17.7 Å². The van der Waals surface area contributed by atoms with Gasteiger partial charge in [0, 0.05) is 30.8 Å². The van der Waals surface area contributed by atoms with Gasteiger partial charge in [-0.25, -0.2) is 0 Å². The Kier molecular flexibility index (Phi) is 6.45. The van der Waals surface area contributed by atoms with E-state index in [-0.39, 0.29) is 34.3 Å². The van der Waals surface area contributed by atoms with Gasteiger partial charge in [0.2, 0.25) is 0 Å². The molecule has 2 aliphatic heterocycles. The quantitative estimate of drug-likeness (QED) is 0.396. The minimum absolute atomic E-state index is 0.0532. The predicted molar refractivity (Wildman–Crippen MR) is 150 cm³/mol. The van der Waals surface area contributed by atoms with Crippen LogP contribution in [0.4, 0.5) is 0 Å². The number of hydrogen-bond donors (Lipinski definition) is 1. The van der Waals surface area contributed by atoms with Crippen molar-refractivity contribution in [2.75, 3.05) is 13.1 Å². The number of rotatable bonds is 8. The average molecular weight is 523 g/mol. The van der Waals surface area contributed by atoms with E-state index in [0.717, 1.165) is 16.7 Å². The van der Waals surface area contributed by atoms with Crippen LogP contribution >= 0.6 is 0 Å². The minimum atomic E-state index is -0.894. The molecule has 0 fully saturated rings. The summed E-state index contributed by atoms with van der Waals surface area (Å²) in [5, 5.41) is 10.1. The summed E-state index contributed by atoms with van der Waals surface area (Å²) in [6.07, 6.45) is 3.29. The van der Waals surface area contributed by atoms with Gasteiger partial charge < -0.3 is 10.0 Å². The monoisotopic (exact) mass is 522 g/mol. The van der Waals surface area contributed by atoms with Crippen LogP contribution in [0.1, 0.15) is 61.2 Å². The summed E-state index contributed by atoms with van der Waals surface area (Å²) in [6.45, 7) is 9.10. The van der Waals surface area contributed by atoms with Crippen LogP contribution < -0.4 is 0 Å². The number of hydrogen-bond acceptors (Lipinski definition) is 4. The number of aromatic hydroxyl groups is 1. The Morgan fingerprint density at radius 1 is 0.692 bits per heavy atom. The lowest BCUT2D eigenvalue weighted by Crippen LogP contribution is -2.50. The summed E-state index contributed by atoms with van der Waals surface area (Å²) in [6, 6.07) is 24.9. The maximum atomic E-state index is 14.2. The zero-order valence-corrected chi connectivity index (χ0v) is 22.8. The zero-order chi connectivity index (χ0) is 28.0. The molecule has 1 N–H and O–H groups in total. The summed E-state index contributed by atoms with van der Waals surface area (Å²) in [5.74, 6) is -0.464. The van der Waals surface area contributed by atoms with Crippen molar-refractivity contribution in [1.82, 2.24) is 9.80 Å². The van der Waals surface area contributed by atoms with Crippen LogP contribution in [0.15, 0.2) is 91.0 Å². The maximum absolute atomic E-state index is 14.2. The first-order chi connectivity index (χ1) is 18.4. The van der Waals surface area contributed by atoms with Crippen LogP contribution in [0.2, 0.25) is 0 Å². The second kappa shape index (κ2) is 9.53. The number of nitrogens with zero attached hydrogens (tertiary/aromatic N) is 2. The van der Waals surface area contributed by atoms with Crippen LogP contribution in [-0.2, 0) is 15.1 Å². The predicted octanol–water partition coefficient (Wildman–Crippen LogP) is 5.51. The van der Waals surface area contributed by atoms with Gasteiger partial charge in [0.05, 0.1) is 0 Å². The highest BCUT2D eigenvalue weighted by molar-refractivity contribution is 6.12. The Morgan fingerprint density at radius 2 is 1.23 bits per heavy atom. The van der Waals surface area contributed by atoms with Crippen LogP contribution in [0, 0.1) is 10.8 Å². The third kappa shape index (κ3) is 4.65. The largest absolute Gasteiger partial charge is 0.508 e. The molecule has 0 saturated carbocycles. The number of phenols is 1. The minimum Gasteiger partial charge on any atom is -0.508 e. The van der Waals surface area contributed by atoms with E-state index in [1.807, 2.05) is 71.6 Å². The molecule has 3 amide bonds. The van der Waals surface area contributed by atoms with Crippen LogP contribution in [0.5, 0.6) is 5.75 Å². The van der Waals surface area contributed by atoms with E-state index in [4.69, 9.17) is 0 Å². The van der Waals surface area contributed by atoms with Crippen molar-refractivity contribution in [2.45, 2.75) is 39.7 Å². The summed E-state index contributed by atoms with van der Waals surface area (Å²) < 4.78 is 0. The van der Waals surface area contributed by atoms with E-state index in [1.54, 1.807) is 12.1 Å². The van der Waals surface area contributed by atoms with Crippen molar-refractivity contribution in [3.05, 3.63) is 113 Å².